The van der Waals surface area contributed by atoms with Gasteiger partial charge in [-0.2, -0.15) is 5.10 Å². The van der Waals surface area contributed by atoms with Crippen molar-refractivity contribution in [1.29, 1.82) is 0 Å². The van der Waals surface area contributed by atoms with E-state index in [1.165, 1.54) is 25.7 Å². The van der Waals surface area contributed by atoms with Gasteiger partial charge in [-0.3, -0.25) is 9.89 Å². The highest BCUT2D eigenvalue weighted by Crippen LogP contribution is 2.18. The van der Waals surface area contributed by atoms with Gasteiger partial charge in [-0.1, -0.05) is 39.0 Å². The van der Waals surface area contributed by atoms with Gasteiger partial charge in [0.15, 0.2) is 5.69 Å². The number of nitrogen functional groups attached to an aromatic ring is 1. The molecule has 1 heterocycles. The molecule has 1 amide bonds. The summed E-state index contributed by atoms with van der Waals surface area (Å²) in [6.45, 7) is 2.91. The van der Waals surface area contributed by atoms with Crippen LogP contribution in [0.3, 0.4) is 0 Å². The molecular weight excluding hydrogens is 264 g/mol. The van der Waals surface area contributed by atoms with E-state index >= 15 is 0 Å². The Morgan fingerprint density at radius 1 is 1.24 bits per heavy atom. The zero-order valence-corrected chi connectivity index (χ0v) is 12.6. The van der Waals surface area contributed by atoms with Crippen molar-refractivity contribution in [3.05, 3.63) is 23.9 Å². The average Bonchev–Trinajstić information content (AvgIpc) is 2.89. The summed E-state index contributed by atoms with van der Waals surface area (Å²) in [6.07, 6.45) is 7.26. The lowest BCUT2D eigenvalue weighted by Crippen LogP contribution is -2.25. The van der Waals surface area contributed by atoms with E-state index in [0.29, 0.717) is 17.9 Å². The minimum absolute atomic E-state index is 0.139. The zero-order valence-electron chi connectivity index (χ0n) is 12.6. The number of unbranched alkanes of at least 4 members (excludes halogenated alkanes) is 5. The van der Waals surface area contributed by atoms with Crippen LogP contribution < -0.4 is 11.1 Å². The third kappa shape index (κ3) is 4.21. The van der Waals surface area contributed by atoms with Crippen LogP contribution in [0.1, 0.15) is 55.9 Å². The van der Waals surface area contributed by atoms with Crippen LogP contribution in [0.25, 0.3) is 10.9 Å². The topological polar surface area (TPSA) is 83.8 Å². The maximum Gasteiger partial charge on any atom is 0.272 e. The van der Waals surface area contributed by atoms with Gasteiger partial charge >= 0.3 is 0 Å². The Morgan fingerprint density at radius 2 is 2.00 bits per heavy atom. The van der Waals surface area contributed by atoms with Crippen molar-refractivity contribution in [3.63, 3.8) is 0 Å². The molecule has 114 valence electrons. The van der Waals surface area contributed by atoms with Crippen LogP contribution in [0.2, 0.25) is 0 Å². The fourth-order valence-corrected chi connectivity index (χ4v) is 2.40. The van der Waals surface area contributed by atoms with E-state index in [4.69, 9.17) is 5.73 Å². The van der Waals surface area contributed by atoms with Gasteiger partial charge in [-0.25, -0.2) is 0 Å². The average molecular weight is 288 g/mol. The predicted octanol–water partition coefficient (Wildman–Crippen LogP) is 3.24. The summed E-state index contributed by atoms with van der Waals surface area (Å²) in [7, 11) is 0. The number of benzene rings is 1. The van der Waals surface area contributed by atoms with E-state index in [1.54, 1.807) is 12.1 Å². The Morgan fingerprint density at radius 3 is 2.81 bits per heavy atom. The number of rotatable bonds is 8. The summed E-state index contributed by atoms with van der Waals surface area (Å²) in [4.78, 5) is 12.1. The largest absolute Gasteiger partial charge is 0.399 e. The lowest BCUT2D eigenvalue weighted by molar-refractivity contribution is 0.0949. The molecule has 0 aliphatic heterocycles. The quantitative estimate of drug-likeness (QED) is 0.515. The molecular formula is C16H24N4O. The van der Waals surface area contributed by atoms with Crippen LogP contribution in [0.15, 0.2) is 18.2 Å². The predicted molar refractivity (Wildman–Crippen MR) is 86.2 cm³/mol. The van der Waals surface area contributed by atoms with Gasteiger partial charge in [0.05, 0.1) is 5.52 Å². The second-order valence-corrected chi connectivity index (χ2v) is 5.40. The number of nitrogens with two attached hydrogens (primary N) is 1. The normalized spacial score (nSPS) is 10.9. The van der Waals surface area contributed by atoms with E-state index in [-0.39, 0.29) is 5.91 Å². The number of nitrogens with zero attached hydrogens (tertiary/aromatic N) is 1. The number of hydrogen-bond acceptors (Lipinski definition) is 3. The van der Waals surface area contributed by atoms with E-state index in [2.05, 4.69) is 22.4 Å². The van der Waals surface area contributed by atoms with Crippen molar-refractivity contribution in [2.45, 2.75) is 45.4 Å². The standard InChI is InChI=1S/C16H24N4O/c1-2-3-4-5-6-7-10-18-16(21)15-13-11-12(17)8-9-14(13)19-20-15/h8-9,11H,2-7,10,17H2,1H3,(H,18,21)(H,19,20). The summed E-state index contributed by atoms with van der Waals surface area (Å²) in [5.41, 5.74) is 7.64. The lowest BCUT2D eigenvalue weighted by Gasteiger charge is -2.04. The number of anilines is 1. The van der Waals surface area contributed by atoms with E-state index in [0.717, 1.165) is 23.7 Å². The van der Waals surface area contributed by atoms with Crippen LogP contribution in [-0.2, 0) is 0 Å². The van der Waals surface area contributed by atoms with Crippen LogP contribution in [0.5, 0.6) is 0 Å². The molecule has 0 saturated carbocycles. The van der Waals surface area contributed by atoms with Gasteiger partial charge in [-0.15, -0.1) is 0 Å². The molecule has 0 spiro atoms. The van der Waals surface area contributed by atoms with Gasteiger partial charge in [0, 0.05) is 17.6 Å². The first kappa shape index (κ1) is 15.4. The molecule has 2 rings (SSSR count). The van der Waals surface area contributed by atoms with Gasteiger partial charge in [0.1, 0.15) is 0 Å². The Hall–Kier alpha value is -2.04. The molecule has 0 unspecified atom stereocenters. The summed E-state index contributed by atoms with van der Waals surface area (Å²) < 4.78 is 0. The number of hydrogen-bond donors (Lipinski definition) is 3. The van der Waals surface area contributed by atoms with Gasteiger partial charge < -0.3 is 11.1 Å². The first-order chi connectivity index (χ1) is 10.2. The third-order valence-corrected chi connectivity index (χ3v) is 3.62. The molecule has 2 aromatic rings. The fraction of sp³-hybridized carbons (Fsp3) is 0.500. The maximum absolute atomic E-state index is 12.1. The molecule has 0 fully saturated rings. The van der Waals surface area contributed by atoms with Gasteiger partial charge in [0.2, 0.25) is 0 Å². The summed E-state index contributed by atoms with van der Waals surface area (Å²) in [5.74, 6) is -0.139. The molecule has 1 aromatic carbocycles. The number of carbonyl (C=O) groups excluding carboxylic acids is 1. The Balaban J connectivity index is 1.81. The Labute approximate surface area is 125 Å². The van der Waals surface area contributed by atoms with Crippen LogP contribution in [0, 0.1) is 0 Å². The van der Waals surface area contributed by atoms with Crippen LogP contribution in [0.4, 0.5) is 5.69 Å². The monoisotopic (exact) mass is 288 g/mol. The molecule has 1 aromatic heterocycles. The molecule has 4 N–H and O–H groups in total. The fourth-order valence-electron chi connectivity index (χ4n) is 2.40. The highest BCUT2D eigenvalue weighted by molar-refractivity contribution is 6.05. The minimum Gasteiger partial charge on any atom is -0.399 e. The number of carbonyl (C=O) groups is 1. The molecule has 0 radical (unpaired) electrons. The molecule has 5 nitrogen and oxygen atoms in total. The smallest absolute Gasteiger partial charge is 0.272 e. The van der Waals surface area contributed by atoms with Gasteiger partial charge in [0.25, 0.3) is 5.91 Å². The molecule has 0 atom stereocenters. The van der Waals surface area contributed by atoms with Crippen LogP contribution >= 0.6 is 0 Å². The number of aromatic nitrogens is 2. The molecule has 0 bridgehead atoms. The lowest BCUT2D eigenvalue weighted by atomic mass is 10.1. The number of aromatic amines is 1. The van der Waals surface area contributed by atoms with Gasteiger partial charge in [-0.05, 0) is 24.6 Å². The van der Waals surface area contributed by atoms with Crippen molar-refractivity contribution in [3.8, 4) is 0 Å². The Kier molecular flexibility index (Phi) is 5.60. The highest BCUT2D eigenvalue weighted by Gasteiger charge is 2.13. The number of H-pyrrole nitrogens is 1. The second kappa shape index (κ2) is 7.67. The molecule has 0 aliphatic carbocycles. The first-order valence-corrected chi connectivity index (χ1v) is 7.74. The van der Waals surface area contributed by atoms with E-state index in [9.17, 15) is 4.79 Å². The summed E-state index contributed by atoms with van der Waals surface area (Å²) in [5, 5.41) is 10.6. The third-order valence-electron chi connectivity index (χ3n) is 3.62. The number of amides is 1. The van der Waals surface area contributed by atoms with E-state index < -0.39 is 0 Å². The summed E-state index contributed by atoms with van der Waals surface area (Å²) >= 11 is 0. The summed E-state index contributed by atoms with van der Waals surface area (Å²) in [6, 6.07) is 5.40. The first-order valence-electron chi connectivity index (χ1n) is 7.74. The Bertz CT molecular complexity index is 591. The number of fused-ring (bicyclic) bond motifs is 1. The molecule has 0 saturated heterocycles. The van der Waals surface area contributed by atoms with Crippen molar-refractivity contribution in [1.82, 2.24) is 15.5 Å². The van der Waals surface area contributed by atoms with Crippen molar-refractivity contribution < 1.29 is 4.79 Å². The maximum atomic E-state index is 12.1. The van der Waals surface area contributed by atoms with Crippen LogP contribution in [-0.4, -0.2) is 22.6 Å². The van der Waals surface area contributed by atoms with E-state index in [1.807, 2.05) is 6.07 Å². The number of nitrogens with one attached hydrogen (secondary N) is 2. The minimum atomic E-state index is -0.139. The molecule has 21 heavy (non-hydrogen) atoms. The SMILES string of the molecule is CCCCCCCCNC(=O)c1n[nH]c2ccc(N)cc12. The van der Waals surface area contributed by atoms with Crippen molar-refractivity contribution in [2.75, 3.05) is 12.3 Å². The van der Waals surface area contributed by atoms with Crippen molar-refractivity contribution in [2.24, 2.45) is 0 Å². The zero-order chi connectivity index (χ0) is 15.1. The second-order valence-electron chi connectivity index (χ2n) is 5.40. The molecule has 5 heteroatoms. The highest BCUT2D eigenvalue weighted by atomic mass is 16.1. The molecule has 0 aliphatic rings. The van der Waals surface area contributed by atoms with Crippen molar-refractivity contribution >= 4 is 22.5 Å².